The summed E-state index contributed by atoms with van der Waals surface area (Å²) in [6, 6.07) is 14.7. The number of aryl methyl sites for hydroxylation is 1. The van der Waals surface area contributed by atoms with E-state index >= 15 is 0 Å². The highest BCUT2D eigenvalue weighted by molar-refractivity contribution is 7.89. The Bertz CT molecular complexity index is 953. The number of nitrogens with zero attached hydrogens (tertiary/aromatic N) is 2. The zero-order chi connectivity index (χ0) is 19.9. The zero-order valence-electron chi connectivity index (χ0n) is 15.4. The highest BCUT2D eigenvalue weighted by Gasteiger charge is 2.18. The lowest BCUT2D eigenvalue weighted by molar-refractivity contribution is 0.521. The molecule has 0 aromatic heterocycles. The molecule has 2 aromatic rings. The van der Waals surface area contributed by atoms with Gasteiger partial charge in [0, 0.05) is 26.0 Å². The summed E-state index contributed by atoms with van der Waals surface area (Å²) in [6.45, 7) is 1.86. The van der Waals surface area contributed by atoms with Gasteiger partial charge in [-0.1, -0.05) is 42.5 Å². The first-order valence-corrected chi connectivity index (χ1v) is 10.0. The van der Waals surface area contributed by atoms with Crippen LogP contribution in [0.4, 0.5) is 5.69 Å². The standard InChI is InChI=1S/C19H22N4O2S2/c1-15-11-12-17(27(24,25)23(2)3)14-18(15)21-19(26)22-20-13-7-10-16-8-5-4-6-9-16/h4-14H,1-3H3,(H2,21,22,26)/b10-7+,20-13+. The maximum Gasteiger partial charge on any atom is 0.242 e. The van der Waals surface area contributed by atoms with Crippen molar-refractivity contribution in [3.8, 4) is 0 Å². The predicted octanol–water partition coefficient (Wildman–Crippen LogP) is 3.23. The van der Waals surface area contributed by atoms with Crippen LogP contribution in [0.15, 0.2) is 64.6 Å². The first-order chi connectivity index (χ1) is 12.8. The smallest absolute Gasteiger partial charge is 0.242 e. The molecule has 0 radical (unpaired) electrons. The van der Waals surface area contributed by atoms with Crippen molar-refractivity contribution in [2.45, 2.75) is 11.8 Å². The Morgan fingerprint density at radius 3 is 2.52 bits per heavy atom. The predicted molar refractivity (Wildman–Crippen MR) is 115 cm³/mol. The molecular weight excluding hydrogens is 380 g/mol. The van der Waals surface area contributed by atoms with E-state index in [1.807, 2.05) is 43.3 Å². The van der Waals surface area contributed by atoms with E-state index in [9.17, 15) is 8.42 Å². The molecule has 0 aliphatic carbocycles. The molecule has 2 N–H and O–H groups in total. The maximum atomic E-state index is 12.3. The van der Waals surface area contributed by atoms with Crippen LogP contribution in [0.1, 0.15) is 11.1 Å². The highest BCUT2D eigenvalue weighted by Crippen LogP contribution is 2.21. The summed E-state index contributed by atoms with van der Waals surface area (Å²) in [5.74, 6) is 0. The van der Waals surface area contributed by atoms with Gasteiger partial charge in [-0.15, -0.1) is 0 Å². The van der Waals surface area contributed by atoms with Crippen molar-refractivity contribution < 1.29 is 8.42 Å². The lowest BCUT2D eigenvalue weighted by Crippen LogP contribution is -2.25. The molecule has 2 rings (SSSR count). The van der Waals surface area contributed by atoms with Crippen molar-refractivity contribution in [3.63, 3.8) is 0 Å². The van der Waals surface area contributed by atoms with Crippen LogP contribution < -0.4 is 10.7 Å². The molecule has 142 valence electrons. The Morgan fingerprint density at radius 1 is 1.15 bits per heavy atom. The van der Waals surface area contributed by atoms with Gasteiger partial charge >= 0.3 is 0 Å². The van der Waals surface area contributed by atoms with Crippen LogP contribution in [0.5, 0.6) is 0 Å². The molecule has 0 bridgehead atoms. The van der Waals surface area contributed by atoms with Crippen LogP contribution in [0.3, 0.4) is 0 Å². The van der Waals surface area contributed by atoms with Crippen molar-refractivity contribution in [2.75, 3.05) is 19.4 Å². The third kappa shape index (κ3) is 5.99. The Hall–Kier alpha value is -2.55. The number of benzene rings is 2. The van der Waals surface area contributed by atoms with Gasteiger partial charge in [-0.05, 0) is 48.5 Å². The molecular formula is C19H22N4O2S2. The van der Waals surface area contributed by atoms with E-state index in [0.717, 1.165) is 11.1 Å². The Balaban J connectivity index is 1.99. The SMILES string of the molecule is Cc1ccc(S(=O)(=O)N(C)C)cc1NC(=S)N/N=C/C=C/c1ccccc1. The normalized spacial score (nSPS) is 12.0. The fourth-order valence-electron chi connectivity index (χ4n) is 2.11. The fourth-order valence-corrected chi connectivity index (χ4v) is 3.21. The van der Waals surface area contributed by atoms with Crippen LogP contribution in [0, 0.1) is 6.92 Å². The van der Waals surface area contributed by atoms with Gasteiger partial charge < -0.3 is 5.32 Å². The molecule has 0 spiro atoms. The van der Waals surface area contributed by atoms with Crippen LogP contribution in [-0.4, -0.2) is 38.1 Å². The van der Waals surface area contributed by atoms with Gasteiger partial charge in [-0.2, -0.15) is 5.10 Å². The summed E-state index contributed by atoms with van der Waals surface area (Å²) in [7, 11) is -0.527. The minimum Gasteiger partial charge on any atom is -0.331 e. The number of thiocarbonyl (C=S) groups is 1. The highest BCUT2D eigenvalue weighted by atomic mass is 32.2. The third-order valence-electron chi connectivity index (χ3n) is 3.65. The second kappa shape index (κ2) is 9.40. The van der Waals surface area contributed by atoms with Crippen LogP contribution in [0.25, 0.3) is 6.08 Å². The minimum absolute atomic E-state index is 0.192. The van der Waals surface area contributed by atoms with Crippen molar-refractivity contribution >= 4 is 45.3 Å². The Kier molecular flexibility index (Phi) is 7.23. The van der Waals surface area contributed by atoms with E-state index in [2.05, 4.69) is 15.8 Å². The molecule has 0 fully saturated rings. The van der Waals surface area contributed by atoms with E-state index < -0.39 is 10.0 Å². The first-order valence-electron chi connectivity index (χ1n) is 8.15. The van der Waals surface area contributed by atoms with Crippen molar-refractivity contribution in [2.24, 2.45) is 5.10 Å². The largest absolute Gasteiger partial charge is 0.331 e. The van der Waals surface area contributed by atoms with E-state index in [0.29, 0.717) is 5.69 Å². The topological polar surface area (TPSA) is 73.8 Å². The van der Waals surface area contributed by atoms with Crippen molar-refractivity contribution in [1.29, 1.82) is 0 Å². The van der Waals surface area contributed by atoms with Crippen molar-refractivity contribution in [1.82, 2.24) is 9.73 Å². The van der Waals surface area contributed by atoms with Gasteiger partial charge in [0.2, 0.25) is 10.0 Å². The summed E-state index contributed by atoms with van der Waals surface area (Å²) in [5.41, 5.74) is 5.24. The number of rotatable bonds is 6. The molecule has 0 aliphatic heterocycles. The number of hydrogen-bond acceptors (Lipinski definition) is 4. The molecule has 0 amide bonds. The zero-order valence-corrected chi connectivity index (χ0v) is 17.0. The molecule has 0 heterocycles. The quantitative estimate of drug-likeness (QED) is 0.441. The molecule has 8 heteroatoms. The average molecular weight is 403 g/mol. The van der Waals surface area contributed by atoms with E-state index in [1.165, 1.54) is 18.4 Å². The lowest BCUT2D eigenvalue weighted by atomic mass is 10.2. The first kappa shape index (κ1) is 20.8. The Morgan fingerprint density at radius 2 is 1.85 bits per heavy atom. The Labute approximate surface area is 165 Å². The maximum absolute atomic E-state index is 12.3. The number of hydrogen-bond donors (Lipinski definition) is 2. The number of hydrazone groups is 1. The van der Waals surface area contributed by atoms with Gasteiger partial charge in [0.05, 0.1) is 4.90 Å². The molecule has 27 heavy (non-hydrogen) atoms. The van der Waals surface area contributed by atoms with Gasteiger partial charge in [0.1, 0.15) is 0 Å². The molecule has 2 aromatic carbocycles. The van der Waals surface area contributed by atoms with Gasteiger partial charge in [0.15, 0.2) is 5.11 Å². The van der Waals surface area contributed by atoms with Crippen molar-refractivity contribution in [3.05, 3.63) is 65.7 Å². The molecule has 6 nitrogen and oxygen atoms in total. The van der Waals surface area contributed by atoms with Crippen LogP contribution in [-0.2, 0) is 10.0 Å². The number of sulfonamides is 1. The summed E-state index contributed by atoms with van der Waals surface area (Å²) >= 11 is 5.21. The summed E-state index contributed by atoms with van der Waals surface area (Å²) < 4.78 is 25.7. The van der Waals surface area contributed by atoms with Gasteiger partial charge in [0.25, 0.3) is 0 Å². The van der Waals surface area contributed by atoms with Crippen LogP contribution >= 0.6 is 12.2 Å². The summed E-state index contributed by atoms with van der Waals surface area (Å²) in [4.78, 5) is 0.192. The number of allylic oxidation sites excluding steroid dienone is 1. The van der Waals surface area contributed by atoms with Gasteiger partial charge in [-0.3, -0.25) is 5.43 Å². The molecule has 0 unspecified atom stereocenters. The monoisotopic (exact) mass is 402 g/mol. The number of anilines is 1. The second-order valence-electron chi connectivity index (χ2n) is 5.88. The number of nitrogens with one attached hydrogen (secondary N) is 2. The molecule has 0 aliphatic rings. The van der Waals surface area contributed by atoms with E-state index in [4.69, 9.17) is 12.2 Å². The van der Waals surface area contributed by atoms with Crippen LogP contribution in [0.2, 0.25) is 0 Å². The second-order valence-corrected chi connectivity index (χ2v) is 8.44. The summed E-state index contributed by atoms with van der Waals surface area (Å²) in [6.07, 6.45) is 5.29. The third-order valence-corrected chi connectivity index (χ3v) is 5.66. The summed E-state index contributed by atoms with van der Waals surface area (Å²) in [5, 5.41) is 7.25. The fraction of sp³-hybridized carbons (Fsp3) is 0.158. The molecule has 0 saturated heterocycles. The molecule has 0 saturated carbocycles. The molecule has 0 atom stereocenters. The average Bonchev–Trinajstić information content (AvgIpc) is 2.64. The van der Waals surface area contributed by atoms with E-state index in [-0.39, 0.29) is 10.0 Å². The minimum atomic E-state index is -3.51. The van der Waals surface area contributed by atoms with Gasteiger partial charge in [-0.25, -0.2) is 12.7 Å². The lowest BCUT2D eigenvalue weighted by Gasteiger charge is -2.15. The van der Waals surface area contributed by atoms with E-state index in [1.54, 1.807) is 30.5 Å².